The summed E-state index contributed by atoms with van der Waals surface area (Å²) in [7, 11) is 0. The van der Waals surface area contributed by atoms with Crippen molar-refractivity contribution in [3.63, 3.8) is 0 Å². The third-order valence-corrected chi connectivity index (χ3v) is 2.68. The van der Waals surface area contributed by atoms with Crippen molar-refractivity contribution >= 4 is 0 Å². The molecule has 0 heterocycles. The number of nitrogens with one attached hydrogen (secondary N) is 1. The quantitative estimate of drug-likeness (QED) is 0.873. The Morgan fingerprint density at radius 1 is 1.28 bits per heavy atom. The van der Waals surface area contributed by atoms with Crippen molar-refractivity contribution in [3.05, 3.63) is 34.9 Å². The van der Waals surface area contributed by atoms with Crippen LogP contribution in [0, 0.1) is 6.92 Å². The number of benzene rings is 1. The molecule has 0 fully saturated rings. The van der Waals surface area contributed by atoms with Crippen LogP contribution < -0.4 is 5.32 Å². The zero-order valence-electron chi connectivity index (χ0n) is 10.7. The Morgan fingerprint density at radius 2 is 1.89 bits per heavy atom. The summed E-state index contributed by atoms with van der Waals surface area (Å²) < 4.78 is 37.4. The zero-order chi connectivity index (χ0) is 13.9. The van der Waals surface area contributed by atoms with E-state index in [1.165, 1.54) is 6.07 Å². The van der Waals surface area contributed by atoms with Crippen LogP contribution in [0.1, 0.15) is 36.6 Å². The van der Waals surface area contributed by atoms with Crippen molar-refractivity contribution in [2.75, 3.05) is 6.54 Å². The first-order valence-electron chi connectivity index (χ1n) is 5.81. The highest BCUT2D eigenvalue weighted by molar-refractivity contribution is 5.34. The van der Waals surface area contributed by atoms with E-state index in [2.05, 4.69) is 5.32 Å². The number of halogens is 3. The van der Waals surface area contributed by atoms with Gasteiger partial charge in [-0.05, 0) is 30.2 Å². The van der Waals surface area contributed by atoms with Gasteiger partial charge in [-0.1, -0.05) is 19.9 Å². The van der Waals surface area contributed by atoms with Gasteiger partial charge in [-0.25, -0.2) is 0 Å². The Balaban J connectivity index is 2.85. The second kappa shape index (κ2) is 5.71. The van der Waals surface area contributed by atoms with Crippen LogP contribution in [0.15, 0.2) is 18.2 Å². The SMILES string of the molecule is Cc1cc(C(F)(F)F)ccc1C(O)CNC(C)C. The van der Waals surface area contributed by atoms with Gasteiger partial charge in [0, 0.05) is 12.6 Å². The minimum atomic E-state index is -4.34. The smallest absolute Gasteiger partial charge is 0.387 e. The molecule has 1 unspecified atom stereocenters. The molecule has 0 spiro atoms. The molecule has 0 aromatic heterocycles. The fourth-order valence-corrected chi connectivity index (χ4v) is 1.68. The van der Waals surface area contributed by atoms with Gasteiger partial charge in [-0.15, -0.1) is 0 Å². The monoisotopic (exact) mass is 261 g/mol. The number of rotatable bonds is 4. The molecule has 102 valence electrons. The number of hydrogen-bond donors (Lipinski definition) is 2. The molecule has 18 heavy (non-hydrogen) atoms. The van der Waals surface area contributed by atoms with Crippen LogP contribution in [0.5, 0.6) is 0 Å². The van der Waals surface area contributed by atoms with Crippen LogP contribution >= 0.6 is 0 Å². The van der Waals surface area contributed by atoms with E-state index in [-0.39, 0.29) is 6.04 Å². The predicted octanol–water partition coefficient (Wildman–Crippen LogP) is 3.05. The van der Waals surface area contributed by atoms with E-state index in [4.69, 9.17) is 0 Å². The lowest BCUT2D eigenvalue weighted by atomic mass is 10.00. The van der Waals surface area contributed by atoms with Gasteiger partial charge in [-0.3, -0.25) is 0 Å². The van der Waals surface area contributed by atoms with Crippen LogP contribution in [0.25, 0.3) is 0 Å². The maximum atomic E-state index is 12.5. The average Bonchev–Trinajstić information content (AvgIpc) is 2.24. The first-order chi connectivity index (χ1) is 8.21. The minimum absolute atomic E-state index is 0.217. The highest BCUT2D eigenvalue weighted by atomic mass is 19.4. The van der Waals surface area contributed by atoms with E-state index in [1.807, 2.05) is 13.8 Å². The lowest BCUT2D eigenvalue weighted by molar-refractivity contribution is -0.137. The fourth-order valence-electron chi connectivity index (χ4n) is 1.68. The number of aliphatic hydroxyl groups excluding tert-OH is 1. The number of hydrogen-bond acceptors (Lipinski definition) is 2. The van der Waals surface area contributed by atoms with Gasteiger partial charge < -0.3 is 10.4 Å². The van der Waals surface area contributed by atoms with Crippen molar-refractivity contribution in [1.29, 1.82) is 0 Å². The van der Waals surface area contributed by atoms with Crippen LogP contribution in [0.2, 0.25) is 0 Å². The summed E-state index contributed by atoms with van der Waals surface area (Å²) in [5, 5.41) is 12.9. The van der Waals surface area contributed by atoms with Crippen molar-refractivity contribution in [2.45, 2.75) is 39.1 Å². The molecule has 0 bridgehead atoms. The lowest BCUT2D eigenvalue weighted by Crippen LogP contribution is -2.28. The van der Waals surface area contributed by atoms with Gasteiger partial charge in [0.1, 0.15) is 0 Å². The third kappa shape index (κ3) is 3.99. The van der Waals surface area contributed by atoms with Crippen molar-refractivity contribution in [1.82, 2.24) is 5.32 Å². The molecule has 1 atom stereocenters. The van der Waals surface area contributed by atoms with Gasteiger partial charge in [-0.2, -0.15) is 13.2 Å². The molecule has 2 nitrogen and oxygen atoms in total. The minimum Gasteiger partial charge on any atom is -0.387 e. The maximum Gasteiger partial charge on any atom is 0.416 e. The van der Waals surface area contributed by atoms with Gasteiger partial charge in [0.05, 0.1) is 11.7 Å². The fraction of sp³-hybridized carbons (Fsp3) is 0.538. The van der Waals surface area contributed by atoms with Gasteiger partial charge in [0.15, 0.2) is 0 Å². The molecule has 0 saturated heterocycles. The molecule has 5 heteroatoms. The molecular formula is C13H18F3NO. The topological polar surface area (TPSA) is 32.3 Å². The second-order valence-corrected chi connectivity index (χ2v) is 4.65. The van der Waals surface area contributed by atoms with Crippen LogP contribution in [0.3, 0.4) is 0 Å². The van der Waals surface area contributed by atoms with Gasteiger partial charge in [0.2, 0.25) is 0 Å². The third-order valence-electron chi connectivity index (χ3n) is 2.68. The molecule has 2 N–H and O–H groups in total. The summed E-state index contributed by atoms with van der Waals surface area (Å²) in [6, 6.07) is 3.62. The summed E-state index contributed by atoms with van der Waals surface area (Å²) >= 11 is 0. The Hall–Kier alpha value is -1.07. The number of aryl methyl sites for hydroxylation is 1. The molecule has 0 radical (unpaired) electrons. The highest BCUT2D eigenvalue weighted by Crippen LogP contribution is 2.31. The van der Waals surface area contributed by atoms with Crippen LogP contribution in [-0.4, -0.2) is 17.7 Å². The Morgan fingerprint density at radius 3 is 2.33 bits per heavy atom. The summed E-state index contributed by atoms with van der Waals surface area (Å²) in [4.78, 5) is 0. The molecule has 0 aliphatic carbocycles. The van der Waals surface area contributed by atoms with Crippen LogP contribution in [-0.2, 0) is 6.18 Å². The predicted molar refractivity (Wildman–Crippen MR) is 64.3 cm³/mol. The first kappa shape index (κ1) is 15.0. The lowest BCUT2D eigenvalue weighted by Gasteiger charge is -2.17. The van der Waals surface area contributed by atoms with Crippen molar-refractivity contribution in [2.24, 2.45) is 0 Å². The average molecular weight is 261 g/mol. The highest BCUT2D eigenvalue weighted by Gasteiger charge is 2.30. The summed E-state index contributed by atoms with van der Waals surface area (Å²) in [6.45, 7) is 5.77. The van der Waals surface area contributed by atoms with E-state index in [9.17, 15) is 18.3 Å². The van der Waals surface area contributed by atoms with E-state index in [0.29, 0.717) is 17.7 Å². The maximum absolute atomic E-state index is 12.5. The van der Waals surface area contributed by atoms with E-state index in [0.717, 1.165) is 12.1 Å². The molecular weight excluding hydrogens is 243 g/mol. The molecule has 1 aromatic carbocycles. The van der Waals surface area contributed by atoms with Crippen LogP contribution in [0.4, 0.5) is 13.2 Å². The van der Waals surface area contributed by atoms with E-state index < -0.39 is 17.8 Å². The van der Waals surface area contributed by atoms with E-state index in [1.54, 1.807) is 6.92 Å². The molecule has 0 aliphatic rings. The standard InChI is InChI=1S/C13H18F3NO/c1-8(2)17-7-12(18)11-5-4-10(6-9(11)3)13(14,15)16/h4-6,8,12,17-18H,7H2,1-3H3. The summed E-state index contributed by atoms with van der Waals surface area (Å²) in [5.41, 5.74) is 0.284. The molecule has 0 aliphatic heterocycles. The zero-order valence-corrected chi connectivity index (χ0v) is 10.7. The normalized spacial score (nSPS) is 14.0. The Bertz CT molecular complexity index is 402. The number of aliphatic hydroxyl groups is 1. The largest absolute Gasteiger partial charge is 0.416 e. The Kier molecular flexibility index (Phi) is 4.76. The number of alkyl halides is 3. The molecule has 0 saturated carbocycles. The first-order valence-corrected chi connectivity index (χ1v) is 5.81. The van der Waals surface area contributed by atoms with Crippen molar-refractivity contribution in [3.8, 4) is 0 Å². The Labute approximate surface area is 105 Å². The summed E-state index contributed by atoms with van der Waals surface area (Å²) in [5.74, 6) is 0. The molecule has 1 rings (SSSR count). The van der Waals surface area contributed by atoms with E-state index >= 15 is 0 Å². The van der Waals surface area contributed by atoms with Gasteiger partial charge >= 0.3 is 6.18 Å². The summed E-state index contributed by atoms with van der Waals surface area (Å²) in [6.07, 6.45) is -5.14. The van der Waals surface area contributed by atoms with Crippen molar-refractivity contribution < 1.29 is 18.3 Å². The molecule has 0 amide bonds. The molecule has 1 aromatic rings. The van der Waals surface area contributed by atoms with Gasteiger partial charge in [0.25, 0.3) is 0 Å². The second-order valence-electron chi connectivity index (χ2n) is 4.65.